The van der Waals surface area contributed by atoms with Gasteiger partial charge in [0.05, 0.1) is 15.8 Å². The van der Waals surface area contributed by atoms with E-state index in [1.54, 1.807) is 0 Å². The highest BCUT2D eigenvalue weighted by atomic mass is 35.5. The van der Waals surface area contributed by atoms with E-state index in [2.05, 4.69) is 4.72 Å². The monoisotopic (exact) mass is 417 g/mol. The number of thioether (sulfide) groups is 1. The van der Waals surface area contributed by atoms with Crippen LogP contribution < -0.4 is 4.72 Å². The molecule has 0 heterocycles. The van der Waals surface area contributed by atoms with E-state index < -0.39 is 0 Å². The first-order chi connectivity index (χ1) is 13.0. The Hall–Kier alpha value is -1.82. The number of carbonyl (C=O) groups is 1. The van der Waals surface area contributed by atoms with Gasteiger partial charge in [-0.05, 0) is 49.2 Å². The lowest BCUT2D eigenvalue weighted by atomic mass is 10.1. The number of benzene rings is 3. The highest BCUT2D eigenvalue weighted by Crippen LogP contribution is 2.42. The lowest BCUT2D eigenvalue weighted by Gasteiger charge is -2.16. The number of hydrogen-bond acceptors (Lipinski definition) is 5. The molecule has 0 spiro atoms. The second kappa shape index (κ2) is 8.91. The summed E-state index contributed by atoms with van der Waals surface area (Å²) in [4.78, 5) is 13.7. The van der Waals surface area contributed by atoms with Gasteiger partial charge in [0.25, 0.3) is 0 Å². The van der Waals surface area contributed by atoms with Gasteiger partial charge in [0, 0.05) is 27.1 Å². The van der Waals surface area contributed by atoms with Crippen molar-refractivity contribution in [2.45, 2.75) is 35.3 Å². The quantitative estimate of drug-likeness (QED) is 0.252. The van der Waals surface area contributed by atoms with Crippen LogP contribution in [-0.4, -0.2) is 16.1 Å². The van der Waals surface area contributed by atoms with Gasteiger partial charge >= 0.3 is 0 Å². The number of phenols is 1. The van der Waals surface area contributed by atoms with Crippen molar-refractivity contribution in [1.29, 1.82) is 0 Å². The van der Waals surface area contributed by atoms with Crippen LogP contribution in [0.2, 0.25) is 5.02 Å². The molecule has 0 aliphatic carbocycles. The van der Waals surface area contributed by atoms with E-state index in [-0.39, 0.29) is 16.8 Å². The molecule has 3 aromatic carbocycles. The SMILES string of the molecule is CCC(=O)C(C)Sc1cc(NSc2ccc(Cl)cc2)c2ccccc2c1O. The number of phenolic OH excluding ortho intramolecular Hbond substituents is 1. The Kier molecular flexibility index (Phi) is 6.58. The van der Waals surface area contributed by atoms with Crippen LogP contribution in [0.1, 0.15) is 20.3 Å². The van der Waals surface area contributed by atoms with E-state index in [9.17, 15) is 9.90 Å². The van der Waals surface area contributed by atoms with Gasteiger partial charge in [-0.25, -0.2) is 0 Å². The first-order valence-corrected chi connectivity index (χ1v) is 10.7. The number of carbonyl (C=O) groups excluding carboxylic acids is 1. The molecule has 0 aliphatic rings. The maximum absolute atomic E-state index is 12.0. The van der Waals surface area contributed by atoms with E-state index in [0.29, 0.717) is 16.3 Å². The zero-order valence-electron chi connectivity index (χ0n) is 15.0. The van der Waals surface area contributed by atoms with Crippen LogP contribution in [0.15, 0.2) is 64.4 Å². The minimum atomic E-state index is -0.209. The van der Waals surface area contributed by atoms with Gasteiger partial charge in [-0.2, -0.15) is 0 Å². The van der Waals surface area contributed by atoms with Crippen molar-refractivity contribution in [3.05, 3.63) is 59.6 Å². The van der Waals surface area contributed by atoms with Crippen LogP contribution in [0.25, 0.3) is 10.8 Å². The third kappa shape index (κ3) is 4.72. The van der Waals surface area contributed by atoms with Crippen LogP contribution in [0.5, 0.6) is 5.75 Å². The molecule has 1 atom stereocenters. The van der Waals surface area contributed by atoms with E-state index in [0.717, 1.165) is 21.4 Å². The molecule has 0 saturated carbocycles. The molecule has 0 aromatic heterocycles. The molecule has 6 heteroatoms. The van der Waals surface area contributed by atoms with Gasteiger partial charge in [-0.3, -0.25) is 4.79 Å². The second-order valence-electron chi connectivity index (χ2n) is 6.05. The van der Waals surface area contributed by atoms with Crippen LogP contribution in [0.4, 0.5) is 5.69 Å². The van der Waals surface area contributed by atoms with Gasteiger partial charge in [0.2, 0.25) is 0 Å². The number of nitrogens with one attached hydrogen (secondary N) is 1. The molecular formula is C21H20ClNO2S2. The zero-order chi connectivity index (χ0) is 19.4. The molecule has 27 heavy (non-hydrogen) atoms. The Morgan fingerprint density at radius 3 is 2.48 bits per heavy atom. The van der Waals surface area contributed by atoms with Crippen molar-refractivity contribution in [3.63, 3.8) is 0 Å². The third-order valence-electron chi connectivity index (χ3n) is 4.18. The predicted molar refractivity (Wildman–Crippen MR) is 117 cm³/mol. The number of Topliss-reactive ketones (excluding diaryl/α,β-unsaturated/α-hetero) is 1. The number of aromatic hydroxyl groups is 1. The summed E-state index contributed by atoms with van der Waals surface area (Å²) in [7, 11) is 0. The fraction of sp³-hybridized carbons (Fsp3) is 0.190. The van der Waals surface area contributed by atoms with E-state index in [1.165, 1.54) is 23.7 Å². The van der Waals surface area contributed by atoms with Gasteiger partial charge in [0.15, 0.2) is 0 Å². The van der Waals surface area contributed by atoms with Gasteiger partial charge in [-0.15, -0.1) is 11.8 Å². The Bertz CT molecular complexity index is 960. The summed E-state index contributed by atoms with van der Waals surface area (Å²) in [6.07, 6.45) is 0.486. The maximum atomic E-state index is 12.0. The van der Waals surface area contributed by atoms with Crippen molar-refractivity contribution >= 4 is 57.6 Å². The molecular weight excluding hydrogens is 398 g/mol. The standard InChI is InChI=1S/C21H20ClNO2S2/c1-3-19(24)13(2)26-20-12-18(16-6-4-5-7-17(16)21(20)25)23-27-15-10-8-14(22)9-11-15/h4-13,23,25H,3H2,1-2H3. The van der Waals surface area contributed by atoms with Crippen molar-refractivity contribution in [3.8, 4) is 5.75 Å². The van der Waals surface area contributed by atoms with E-state index >= 15 is 0 Å². The Morgan fingerprint density at radius 1 is 1.15 bits per heavy atom. The maximum Gasteiger partial charge on any atom is 0.145 e. The summed E-state index contributed by atoms with van der Waals surface area (Å²) in [5, 5.41) is 12.9. The first kappa shape index (κ1) is 19.9. The summed E-state index contributed by atoms with van der Waals surface area (Å²) < 4.78 is 3.37. The topological polar surface area (TPSA) is 49.3 Å². The van der Waals surface area contributed by atoms with Gasteiger partial charge < -0.3 is 9.83 Å². The van der Waals surface area contributed by atoms with Crippen LogP contribution in [-0.2, 0) is 4.79 Å². The molecule has 3 rings (SSSR count). The number of hydrogen-bond donors (Lipinski definition) is 2. The average molecular weight is 418 g/mol. The van der Waals surface area contributed by atoms with Crippen molar-refractivity contribution in [1.82, 2.24) is 0 Å². The molecule has 0 bridgehead atoms. The molecule has 0 amide bonds. The molecule has 2 N–H and O–H groups in total. The summed E-state index contributed by atoms with van der Waals surface area (Å²) in [5.74, 6) is 0.381. The van der Waals surface area contributed by atoms with Crippen LogP contribution in [0.3, 0.4) is 0 Å². The second-order valence-corrected chi connectivity index (χ2v) is 8.75. The Balaban J connectivity index is 1.94. The predicted octanol–water partition coefficient (Wildman–Crippen LogP) is 6.78. The molecule has 0 radical (unpaired) electrons. The Morgan fingerprint density at radius 2 is 1.81 bits per heavy atom. The molecule has 3 nitrogen and oxygen atoms in total. The number of rotatable bonds is 7. The minimum Gasteiger partial charge on any atom is -0.506 e. The average Bonchev–Trinajstić information content (AvgIpc) is 2.69. The Labute approximate surface area is 172 Å². The highest BCUT2D eigenvalue weighted by molar-refractivity contribution is 8.01. The lowest BCUT2D eigenvalue weighted by molar-refractivity contribution is -0.117. The van der Waals surface area contributed by atoms with Crippen molar-refractivity contribution < 1.29 is 9.90 Å². The normalized spacial score (nSPS) is 12.1. The molecule has 0 saturated heterocycles. The smallest absolute Gasteiger partial charge is 0.145 e. The van der Waals surface area contributed by atoms with Crippen molar-refractivity contribution in [2.24, 2.45) is 0 Å². The molecule has 0 fully saturated rings. The number of halogens is 1. The van der Waals surface area contributed by atoms with E-state index in [1.807, 2.05) is 68.4 Å². The minimum absolute atomic E-state index is 0.164. The summed E-state index contributed by atoms with van der Waals surface area (Å²) in [6.45, 7) is 3.73. The summed E-state index contributed by atoms with van der Waals surface area (Å²) >= 11 is 8.81. The fourth-order valence-electron chi connectivity index (χ4n) is 2.67. The highest BCUT2D eigenvalue weighted by Gasteiger charge is 2.18. The van der Waals surface area contributed by atoms with Crippen molar-refractivity contribution in [2.75, 3.05) is 4.72 Å². The van der Waals surface area contributed by atoms with Crippen LogP contribution >= 0.6 is 35.3 Å². The summed E-state index contributed by atoms with van der Waals surface area (Å²) in [5.41, 5.74) is 0.891. The molecule has 0 aliphatic heterocycles. The summed E-state index contributed by atoms with van der Waals surface area (Å²) in [6, 6.07) is 17.2. The number of fused-ring (bicyclic) bond motifs is 1. The van der Waals surface area contributed by atoms with E-state index in [4.69, 9.17) is 11.6 Å². The number of anilines is 1. The lowest BCUT2D eigenvalue weighted by Crippen LogP contribution is -2.11. The molecule has 1 unspecified atom stereocenters. The largest absolute Gasteiger partial charge is 0.506 e. The van der Waals surface area contributed by atoms with Gasteiger partial charge in [0.1, 0.15) is 11.5 Å². The molecule has 3 aromatic rings. The third-order valence-corrected chi connectivity index (χ3v) is 6.44. The first-order valence-electron chi connectivity index (χ1n) is 8.62. The zero-order valence-corrected chi connectivity index (χ0v) is 17.4. The number of ketones is 1. The fourth-order valence-corrected chi connectivity index (χ4v) is 4.55. The van der Waals surface area contributed by atoms with Gasteiger partial charge in [-0.1, -0.05) is 42.8 Å². The van der Waals surface area contributed by atoms with Crippen LogP contribution in [0, 0.1) is 0 Å². The molecule has 140 valence electrons.